The van der Waals surface area contributed by atoms with Gasteiger partial charge in [-0.05, 0) is 18.6 Å². The first-order chi connectivity index (χ1) is 8.39. The molecular weight excluding hydrogens is 255 g/mol. The minimum absolute atomic E-state index is 0.0856. The van der Waals surface area contributed by atoms with Crippen LogP contribution >= 0.6 is 0 Å². The van der Waals surface area contributed by atoms with Gasteiger partial charge in [-0.1, -0.05) is 0 Å². The Morgan fingerprint density at radius 3 is 2.61 bits per heavy atom. The minimum Gasteiger partial charge on any atom is -0.356 e. The molecular formula is C11H11F5N2. The van der Waals surface area contributed by atoms with Crippen molar-refractivity contribution in [2.45, 2.75) is 19.0 Å². The van der Waals surface area contributed by atoms with Crippen LogP contribution in [0.1, 0.15) is 12.0 Å². The van der Waals surface area contributed by atoms with Crippen LogP contribution < -0.4 is 4.90 Å². The molecule has 0 bridgehead atoms. The van der Waals surface area contributed by atoms with Crippen molar-refractivity contribution in [3.8, 4) is 0 Å². The second kappa shape index (κ2) is 4.70. The molecule has 0 aromatic carbocycles. The molecule has 1 fully saturated rings. The second-order valence-electron chi connectivity index (χ2n) is 4.20. The van der Waals surface area contributed by atoms with Crippen LogP contribution in [0.25, 0.3) is 0 Å². The quantitative estimate of drug-likeness (QED) is 0.764. The van der Waals surface area contributed by atoms with E-state index < -0.39 is 24.1 Å². The second-order valence-corrected chi connectivity index (χ2v) is 4.20. The standard InChI is InChI=1S/C11H11F5N2/c12-9(13)7-3-5-18(6-7)10-8(11(14,15)16)2-1-4-17-10/h1-2,4,7,9H,3,5-6H2. The zero-order chi connectivity index (χ0) is 13.3. The van der Waals surface area contributed by atoms with Gasteiger partial charge in [0.1, 0.15) is 5.82 Å². The fourth-order valence-corrected chi connectivity index (χ4v) is 2.06. The molecule has 100 valence electrons. The smallest absolute Gasteiger partial charge is 0.356 e. The third-order valence-electron chi connectivity index (χ3n) is 2.97. The molecule has 0 N–H and O–H groups in total. The molecule has 2 heterocycles. The molecule has 2 nitrogen and oxygen atoms in total. The Labute approximate surface area is 100 Å². The van der Waals surface area contributed by atoms with E-state index in [2.05, 4.69) is 4.98 Å². The first kappa shape index (κ1) is 13.0. The van der Waals surface area contributed by atoms with Gasteiger partial charge in [-0.15, -0.1) is 0 Å². The number of hydrogen-bond donors (Lipinski definition) is 0. The molecule has 2 rings (SSSR count). The van der Waals surface area contributed by atoms with Gasteiger partial charge in [-0.2, -0.15) is 13.2 Å². The number of alkyl halides is 5. The molecule has 0 aliphatic carbocycles. The average molecular weight is 266 g/mol. The molecule has 1 aromatic rings. The largest absolute Gasteiger partial charge is 0.419 e. The molecule has 0 radical (unpaired) electrons. The van der Waals surface area contributed by atoms with Crippen molar-refractivity contribution in [1.29, 1.82) is 0 Å². The molecule has 0 spiro atoms. The predicted molar refractivity (Wildman–Crippen MR) is 55.6 cm³/mol. The number of anilines is 1. The van der Waals surface area contributed by atoms with E-state index in [-0.39, 0.29) is 25.3 Å². The van der Waals surface area contributed by atoms with E-state index in [9.17, 15) is 22.0 Å². The summed E-state index contributed by atoms with van der Waals surface area (Å²) >= 11 is 0. The highest BCUT2D eigenvalue weighted by Crippen LogP contribution is 2.37. The highest BCUT2D eigenvalue weighted by molar-refractivity contribution is 5.49. The summed E-state index contributed by atoms with van der Waals surface area (Å²) in [4.78, 5) is 4.96. The summed E-state index contributed by atoms with van der Waals surface area (Å²) < 4.78 is 63.2. The summed E-state index contributed by atoms with van der Waals surface area (Å²) in [5.41, 5.74) is -0.875. The lowest BCUT2D eigenvalue weighted by Gasteiger charge is -2.21. The zero-order valence-corrected chi connectivity index (χ0v) is 9.29. The van der Waals surface area contributed by atoms with Crippen molar-refractivity contribution >= 4 is 5.82 Å². The van der Waals surface area contributed by atoms with Crippen LogP contribution in [0, 0.1) is 5.92 Å². The molecule has 18 heavy (non-hydrogen) atoms. The van der Waals surface area contributed by atoms with E-state index in [0.717, 1.165) is 6.07 Å². The predicted octanol–water partition coefficient (Wildman–Crippen LogP) is 3.19. The van der Waals surface area contributed by atoms with E-state index in [0.29, 0.717) is 0 Å². The SMILES string of the molecule is FC(F)C1CCN(c2ncccc2C(F)(F)F)C1. The number of hydrogen-bond acceptors (Lipinski definition) is 2. The first-order valence-electron chi connectivity index (χ1n) is 5.45. The van der Waals surface area contributed by atoms with E-state index in [1.165, 1.54) is 17.2 Å². The zero-order valence-electron chi connectivity index (χ0n) is 9.29. The normalized spacial score (nSPS) is 20.8. The molecule has 1 aliphatic heterocycles. The number of halogens is 5. The van der Waals surface area contributed by atoms with E-state index in [1.807, 2.05) is 0 Å². The molecule has 1 aliphatic rings. The highest BCUT2D eigenvalue weighted by Gasteiger charge is 2.38. The van der Waals surface area contributed by atoms with Gasteiger partial charge in [-0.3, -0.25) is 0 Å². The Morgan fingerprint density at radius 1 is 1.33 bits per heavy atom. The number of nitrogens with zero attached hydrogens (tertiary/aromatic N) is 2. The van der Waals surface area contributed by atoms with Crippen LogP contribution in [0.5, 0.6) is 0 Å². The Hall–Kier alpha value is -1.40. The maximum atomic E-state index is 12.7. The Kier molecular flexibility index (Phi) is 3.41. The molecule has 1 aromatic heterocycles. The van der Waals surface area contributed by atoms with Gasteiger partial charge in [0.2, 0.25) is 6.43 Å². The number of rotatable bonds is 2. The third kappa shape index (κ3) is 2.54. The molecule has 0 amide bonds. The van der Waals surface area contributed by atoms with Gasteiger partial charge in [0.15, 0.2) is 0 Å². The van der Waals surface area contributed by atoms with Crippen LogP contribution in [-0.4, -0.2) is 24.5 Å². The van der Waals surface area contributed by atoms with Crippen LogP contribution in [0.3, 0.4) is 0 Å². The van der Waals surface area contributed by atoms with E-state index in [4.69, 9.17) is 0 Å². The van der Waals surface area contributed by atoms with Crippen molar-refractivity contribution < 1.29 is 22.0 Å². The van der Waals surface area contributed by atoms with Crippen molar-refractivity contribution in [2.75, 3.05) is 18.0 Å². The summed E-state index contributed by atoms with van der Waals surface area (Å²) in [6.45, 7) is 0.0901. The van der Waals surface area contributed by atoms with Gasteiger partial charge >= 0.3 is 6.18 Å². The van der Waals surface area contributed by atoms with Crippen molar-refractivity contribution in [3.05, 3.63) is 23.9 Å². The lowest BCUT2D eigenvalue weighted by atomic mass is 10.1. The topological polar surface area (TPSA) is 16.1 Å². The van der Waals surface area contributed by atoms with Gasteiger partial charge in [0.05, 0.1) is 5.56 Å². The van der Waals surface area contributed by atoms with E-state index >= 15 is 0 Å². The monoisotopic (exact) mass is 266 g/mol. The lowest BCUT2D eigenvalue weighted by molar-refractivity contribution is -0.137. The van der Waals surface area contributed by atoms with Crippen LogP contribution in [0.4, 0.5) is 27.8 Å². The Morgan fingerprint density at radius 2 is 2.06 bits per heavy atom. The van der Waals surface area contributed by atoms with Crippen LogP contribution in [0.2, 0.25) is 0 Å². The van der Waals surface area contributed by atoms with Crippen LogP contribution in [0.15, 0.2) is 18.3 Å². The molecule has 7 heteroatoms. The highest BCUT2D eigenvalue weighted by atomic mass is 19.4. The van der Waals surface area contributed by atoms with Gasteiger partial charge in [-0.25, -0.2) is 13.8 Å². The Bertz CT molecular complexity index is 418. The van der Waals surface area contributed by atoms with Crippen LogP contribution in [-0.2, 0) is 6.18 Å². The van der Waals surface area contributed by atoms with Crippen molar-refractivity contribution in [1.82, 2.24) is 4.98 Å². The van der Waals surface area contributed by atoms with Gasteiger partial charge in [0, 0.05) is 25.2 Å². The maximum absolute atomic E-state index is 12.7. The summed E-state index contributed by atoms with van der Waals surface area (Å²) in [5, 5.41) is 0. The van der Waals surface area contributed by atoms with Crippen molar-refractivity contribution in [2.24, 2.45) is 5.92 Å². The Balaban J connectivity index is 2.25. The fraction of sp³-hybridized carbons (Fsp3) is 0.545. The molecule has 0 saturated carbocycles. The summed E-state index contributed by atoms with van der Waals surface area (Å²) in [7, 11) is 0. The molecule has 1 unspecified atom stereocenters. The minimum atomic E-state index is -4.52. The summed E-state index contributed by atoms with van der Waals surface area (Å²) in [6, 6.07) is 2.10. The summed E-state index contributed by atoms with van der Waals surface area (Å²) in [5.74, 6) is -1.14. The van der Waals surface area contributed by atoms with Gasteiger partial charge < -0.3 is 4.90 Å². The molecule has 1 saturated heterocycles. The molecule has 1 atom stereocenters. The third-order valence-corrected chi connectivity index (χ3v) is 2.97. The first-order valence-corrected chi connectivity index (χ1v) is 5.45. The number of aromatic nitrogens is 1. The average Bonchev–Trinajstić information content (AvgIpc) is 2.77. The van der Waals surface area contributed by atoms with Crippen molar-refractivity contribution in [3.63, 3.8) is 0 Å². The van der Waals surface area contributed by atoms with E-state index in [1.54, 1.807) is 0 Å². The lowest BCUT2D eigenvalue weighted by Crippen LogP contribution is -2.25. The summed E-state index contributed by atoms with van der Waals surface area (Å²) in [6.07, 6.45) is -5.61. The number of pyridine rings is 1. The van der Waals surface area contributed by atoms with Gasteiger partial charge in [0.25, 0.3) is 0 Å². The maximum Gasteiger partial charge on any atom is 0.419 e. The fourth-order valence-electron chi connectivity index (χ4n) is 2.06.